The zero-order valence-electron chi connectivity index (χ0n) is 11.3. The second kappa shape index (κ2) is 5.83. The summed E-state index contributed by atoms with van der Waals surface area (Å²) in [6, 6.07) is 3.61. The fourth-order valence-corrected chi connectivity index (χ4v) is 2.17. The van der Waals surface area contributed by atoms with E-state index < -0.39 is 11.7 Å². The van der Waals surface area contributed by atoms with Gasteiger partial charge in [-0.1, -0.05) is 13.0 Å². The molecule has 1 aliphatic rings. The van der Waals surface area contributed by atoms with Crippen molar-refractivity contribution in [2.45, 2.75) is 32.0 Å². The van der Waals surface area contributed by atoms with Gasteiger partial charge in [0.25, 0.3) is 0 Å². The van der Waals surface area contributed by atoms with E-state index in [1.807, 2.05) is 24.0 Å². The van der Waals surface area contributed by atoms with E-state index in [2.05, 4.69) is 4.98 Å². The lowest BCUT2D eigenvalue weighted by Gasteiger charge is -2.29. The molecule has 1 aliphatic heterocycles. The summed E-state index contributed by atoms with van der Waals surface area (Å²) >= 11 is 0. The Labute approximate surface area is 116 Å². The molecule has 1 atom stereocenters. The van der Waals surface area contributed by atoms with E-state index in [1.54, 1.807) is 6.20 Å². The lowest BCUT2D eigenvalue weighted by atomic mass is 10.1. The van der Waals surface area contributed by atoms with Crippen LogP contribution in [0.5, 0.6) is 0 Å². The van der Waals surface area contributed by atoms with Crippen molar-refractivity contribution in [3.8, 4) is 0 Å². The van der Waals surface area contributed by atoms with Crippen molar-refractivity contribution < 1.29 is 13.2 Å². The van der Waals surface area contributed by atoms with Gasteiger partial charge in [0, 0.05) is 24.7 Å². The Morgan fingerprint density at radius 1 is 1.40 bits per heavy atom. The smallest absolute Gasteiger partial charge is 0.366 e. The molecule has 1 aromatic rings. The standard InChI is InChI=1S/C14H18F3N3/c1-2-12(18)13-4-3-11(9-19-13)20-7-5-10(6-8-20)14(15,16)17/h3-5,9,12H,2,6-8,18H2,1H3/t12-/m1/s1. The number of nitrogens with zero attached hydrogens (tertiary/aromatic N) is 2. The molecule has 0 fully saturated rings. The molecule has 3 nitrogen and oxygen atoms in total. The second-order valence-corrected chi connectivity index (χ2v) is 4.88. The summed E-state index contributed by atoms with van der Waals surface area (Å²) in [7, 11) is 0. The Hall–Kier alpha value is -1.56. The van der Waals surface area contributed by atoms with Crippen LogP contribution in [0.1, 0.15) is 31.5 Å². The molecule has 110 valence electrons. The van der Waals surface area contributed by atoms with E-state index in [4.69, 9.17) is 5.73 Å². The minimum Gasteiger partial charge on any atom is -0.366 e. The number of alkyl halides is 3. The molecule has 0 amide bonds. The first kappa shape index (κ1) is 14.8. The van der Waals surface area contributed by atoms with Gasteiger partial charge in [-0.05, 0) is 25.0 Å². The summed E-state index contributed by atoms with van der Waals surface area (Å²) in [5.74, 6) is 0. The van der Waals surface area contributed by atoms with E-state index >= 15 is 0 Å². The lowest BCUT2D eigenvalue weighted by molar-refractivity contribution is -0.0943. The van der Waals surface area contributed by atoms with Gasteiger partial charge in [0.2, 0.25) is 0 Å². The van der Waals surface area contributed by atoms with Crippen LogP contribution >= 0.6 is 0 Å². The fourth-order valence-electron chi connectivity index (χ4n) is 2.17. The zero-order chi connectivity index (χ0) is 14.8. The predicted molar refractivity (Wildman–Crippen MR) is 72.4 cm³/mol. The molecule has 2 N–H and O–H groups in total. The van der Waals surface area contributed by atoms with E-state index in [9.17, 15) is 13.2 Å². The third-order valence-corrected chi connectivity index (χ3v) is 3.53. The number of anilines is 1. The molecule has 2 heterocycles. The number of rotatable bonds is 3. The summed E-state index contributed by atoms with van der Waals surface area (Å²) in [6.45, 7) is 2.59. The second-order valence-electron chi connectivity index (χ2n) is 4.88. The van der Waals surface area contributed by atoms with Gasteiger partial charge in [0.05, 0.1) is 17.6 Å². The molecule has 0 aromatic carbocycles. The summed E-state index contributed by atoms with van der Waals surface area (Å²) in [6.07, 6.45) is -0.470. The Kier molecular flexibility index (Phi) is 4.32. The molecule has 0 radical (unpaired) electrons. The van der Waals surface area contributed by atoms with Crippen LogP contribution in [-0.4, -0.2) is 24.2 Å². The largest absolute Gasteiger partial charge is 0.412 e. The third kappa shape index (κ3) is 3.30. The van der Waals surface area contributed by atoms with Crippen LogP contribution in [0.4, 0.5) is 18.9 Å². The molecule has 0 aliphatic carbocycles. The van der Waals surface area contributed by atoms with Gasteiger partial charge in [-0.2, -0.15) is 13.2 Å². The maximum absolute atomic E-state index is 12.5. The summed E-state index contributed by atoms with van der Waals surface area (Å²) < 4.78 is 37.6. The number of hydrogen-bond donors (Lipinski definition) is 1. The van der Waals surface area contributed by atoms with Crippen LogP contribution in [0.2, 0.25) is 0 Å². The van der Waals surface area contributed by atoms with Crippen molar-refractivity contribution in [2.75, 3.05) is 18.0 Å². The van der Waals surface area contributed by atoms with Gasteiger partial charge in [-0.3, -0.25) is 4.98 Å². The Morgan fingerprint density at radius 2 is 2.15 bits per heavy atom. The van der Waals surface area contributed by atoms with E-state index in [1.165, 1.54) is 6.08 Å². The van der Waals surface area contributed by atoms with Crippen molar-refractivity contribution >= 4 is 5.69 Å². The van der Waals surface area contributed by atoms with Gasteiger partial charge < -0.3 is 10.6 Å². The predicted octanol–water partition coefficient (Wildman–Crippen LogP) is 3.19. The molecule has 0 bridgehead atoms. The van der Waals surface area contributed by atoms with E-state index in [-0.39, 0.29) is 19.0 Å². The van der Waals surface area contributed by atoms with E-state index in [0.29, 0.717) is 6.54 Å². The fraction of sp³-hybridized carbons (Fsp3) is 0.500. The lowest BCUT2D eigenvalue weighted by Crippen LogP contribution is -2.32. The monoisotopic (exact) mass is 285 g/mol. The van der Waals surface area contributed by atoms with Gasteiger partial charge in [0.15, 0.2) is 0 Å². The summed E-state index contributed by atoms with van der Waals surface area (Å²) in [5.41, 5.74) is 7.07. The molecule has 0 saturated carbocycles. The molecule has 20 heavy (non-hydrogen) atoms. The molecular weight excluding hydrogens is 267 g/mol. The van der Waals surface area contributed by atoms with Crippen molar-refractivity contribution in [2.24, 2.45) is 5.73 Å². The highest BCUT2D eigenvalue weighted by atomic mass is 19.4. The highest BCUT2D eigenvalue weighted by molar-refractivity contribution is 5.47. The van der Waals surface area contributed by atoms with E-state index in [0.717, 1.165) is 17.8 Å². The highest BCUT2D eigenvalue weighted by Crippen LogP contribution is 2.31. The van der Waals surface area contributed by atoms with Crippen LogP contribution < -0.4 is 10.6 Å². The van der Waals surface area contributed by atoms with Gasteiger partial charge in [0.1, 0.15) is 0 Å². The number of aromatic nitrogens is 1. The molecule has 0 saturated heterocycles. The minimum absolute atomic E-state index is 0.0136. The minimum atomic E-state index is -4.21. The van der Waals surface area contributed by atoms with Crippen molar-refractivity contribution in [3.63, 3.8) is 0 Å². The molecule has 0 unspecified atom stereocenters. The van der Waals surface area contributed by atoms with Gasteiger partial charge >= 0.3 is 6.18 Å². The maximum Gasteiger partial charge on any atom is 0.412 e. The topological polar surface area (TPSA) is 42.1 Å². The number of hydrogen-bond acceptors (Lipinski definition) is 3. The Morgan fingerprint density at radius 3 is 2.60 bits per heavy atom. The quantitative estimate of drug-likeness (QED) is 0.867. The van der Waals surface area contributed by atoms with Crippen LogP contribution in [-0.2, 0) is 0 Å². The zero-order valence-corrected chi connectivity index (χ0v) is 11.3. The number of halogens is 3. The normalized spacial score (nSPS) is 17.9. The summed E-state index contributed by atoms with van der Waals surface area (Å²) in [5, 5.41) is 0. The first-order valence-corrected chi connectivity index (χ1v) is 6.64. The number of nitrogens with two attached hydrogens (primary N) is 1. The van der Waals surface area contributed by atoms with Gasteiger partial charge in [-0.15, -0.1) is 0 Å². The average Bonchev–Trinajstić information content (AvgIpc) is 2.46. The van der Waals surface area contributed by atoms with Crippen molar-refractivity contribution in [1.82, 2.24) is 4.98 Å². The molecule has 1 aromatic heterocycles. The van der Waals surface area contributed by atoms with Crippen LogP contribution in [0.3, 0.4) is 0 Å². The average molecular weight is 285 g/mol. The van der Waals surface area contributed by atoms with Crippen LogP contribution in [0.25, 0.3) is 0 Å². The molecule has 0 spiro atoms. The number of pyridine rings is 1. The molecule has 6 heteroatoms. The third-order valence-electron chi connectivity index (χ3n) is 3.53. The van der Waals surface area contributed by atoms with Crippen molar-refractivity contribution in [1.29, 1.82) is 0 Å². The molecule has 2 rings (SSSR count). The maximum atomic E-state index is 12.5. The van der Waals surface area contributed by atoms with Crippen LogP contribution in [0.15, 0.2) is 30.0 Å². The highest BCUT2D eigenvalue weighted by Gasteiger charge is 2.34. The Balaban J connectivity index is 2.06. The van der Waals surface area contributed by atoms with Crippen molar-refractivity contribution in [3.05, 3.63) is 35.7 Å². The SMILES string of the molecule is CC[C@@H](N)c1ccc(N2CC=C(C(F)(F)F)CC2)cn1. The first-order valence-electron chi connectivity index (χ1n) is 6.64. The van der Waals surface area contributed by atoms with Crippen LogP contribution in [0, 0.1) is 0 Å². The summed E-state index contributed by atoms with van der Waals surface area (Å²) in [4.78, 5) is 6.16. The molecular formula is C14H18F3N3. The first-order chi connectivity index (χ1) is 9.41. The van der Waals surface area contributed by atoms with Gasteiger partial charge in [-0.25, -0.2) is 0 Å². The Bertz CT molecular complexity index is 479.